The molecular formula is C10H21NO3S. The Balaban J connectivity index is 2.89. The Hall–Kier alpha value is -0.130. The van der Waals surface area contributed by atoms with Crippen molar-refractivity contribution in [3.8, 4) is 0 Å². The number of hydrogen-bond acceptors (Lipinski definition) is 3. The number of rotatable bonds is 4. The van der Waals surface area contributed by atoms with Gasteiger partial charge in [0, 0.05) is 13.1 Å². The summed E-state index contributed by atoms with van der Waals surface area (Å²) in [5.74, 6) is 0. The van der Waals surface area contributed by atoms with Crippen LogP contribution >= 0.6 is 0 Å². The Labute approximate surface area is 92.7 Å². The van der Waals surface area contributed by atoms with E-state index in [4.69, 9.17) is 4.74 Å². The highest BCUT2D eigenvalue weighted by Gasteiger charge is 2.40. The molecule has 0 radical (unpaired) electrons. The minimum Gasteiger partial charge on any atom is -0.379 e. The lowest BCUT2D eigenvalue weighted by Crippen LogP contribution is -2.50. The molecule has 1 saturated heterocycles. The van der Waals surface area contributed by atoms with Gasteiger partial charge in [0.15, 0.2) is 0 Å². The normalized spacial score (nSPS) is 20.5. The zero-order chi connectivity index (χ0) is 11.5. The lowest BCUT2D eigenvalue weighted by molar-refractivity contribution is 0.0718. The largest absolute Gasteiger partial charge is 0.379 e. The van der Waals surface area contributed by atoms with Crippen LogP contribution in [-0.2, 0) is 14.8 Å². The maximum Gasteiger partial charge on any atom is 0.219 e. The smallest absolute Gasteiger partial charge is 0.219 e. The Morgan fingerprint density at radius 3 is 2.07 bits per heavy atom. The third kappa shape index (κ3) is 2.34. The van der Waals surface area contributed by atoms with E-state index in [0.29, 0.717) is 39.1 Å². The molecule has 1 rings (SSSR count). The minimum absolute atomic E-state index is 0.498. The molecule has 4 nitrogen and oxygen atoms in total. The average molecular weight is 235 g/mol. The van der Waals surface area contributed by atoms with Crippen LogP contribution in [-0.4, -0.2) is 43.8 Å². The lowest BCUT2D eigenvalue weighted by Gasteiger charge is -2.35. The zero-order valence-corrected chi connectivity index (χ0v) is 10.6. The van der Waals surface area contributed by atoms with E-state index in [-0.39, 0.29) is 0 Å². The molecular weight excluding hydrogens is 214 g/mol. The Morgan fingerprint density at radius 1 is 1.20 bits per heavy atom. The van der Waals surface area contributed by atoms with E-state index in [9.17, 15) is 8.42 Å². The van der Waals surface area contributed by atoms with Crippen molar-refractivity contribution >= 4 is 10.0 Å². The van der Waals surface area contributed by atoms with Gasteiger partial charge < -0.3 is 4.74 Å². The van der Waals surface area contributed by atoms with E-state index in [1.807, 2.05) is 20.8 Å². The van der Waals surface area contributed by atoms with Crippen LogP contribution in [0.15, 0.2) is 0 Å². The topological polar surface area (TPSA) is 46.6 Å². The van der Waals surface area contributed by atoms with Gasteiger partial charge in [-0.3, -0.25) is 0 Å². The van der Waals surface area contributed by atoms with Gasteiger partial charge >= 0.3 is 0 Å². The van der Waals surface area contributed by atoms with Crippen molar-refractivity contribution in [2.75, 3.05) is 26.3 Å². The number of morpholine rings is 1. The van der Waals surface area contributed by atoms with Crippen LogP contribution in [0.3, 0.4) is 0 Å². The van der Waals surface area contributed by atoms with Gasteiger partial charge in [0.2, 0.25) is 10.0 Å². The van der Waals surface area contributed by atoms with Gasteiger partial charge in [0.05, 0.1) is 18.0 Å². The Bertz CT molecular complexity index is 290. The molecule has 0 bridgehead atoms. The van der Waals surface area contributed by atoms with Crippen molar-refractivity contribution in [1.82, 2.24) is 4.31 Å². The van der Waals surface area contributed by atoms with Crippen molar-refractivity contribution in [1.29, 1.82) is 0 Å². The summed E-state index contributed by atoms with van der Waals surface area (Å²) in [5.41, 5.74) is 0. The van der Waals surface area contributed by atoms with Crippen molar-refractivity contribution in [3.05, 3.63) is 0 Å². The molecule has 1 heterocycles. The Morgan fingerprint density at radius 2 is 1.67 bits per heavy atom. The van der Waals surface area contributed by atoms with Gasteiger partial charge in [-0.2, -0.15) is 4.31 Å². The van der Waals surface area contributed by atoms with E-state index in [2.05, 4.69) is 0 Å². The highest BCUT2D eigenvalue weighted by molar-refractivity contribution is 7.90. The molecule has 0 aliphatic carbocycles. The third-order valence-corrected chi connectivity index (χ3v) is 6.30. The molecule has 0 unspecified atom stereocenters. The quantitative estimate of drug-likeness (QED) is 0.736. The molecule has 5 heteroatoms. The molecule has 1 fully saturated rings. The van der Waals surface area contributed by atoms with Crippen LogP contribution in [0.1, 0.15) is 33.6 Å². The monoisotopic (exact) mass is 235 g/mol. The summed E-state index contributed by atoms with van der Waals surface area (Å²) in [7, 11) is -3.17. The summed E-state index contributed by atoms with van der Waals surface area (Å²) in [6.45, 7) is 7.72. The van der Waals surface area contributed by atoms with Crippen molar-refractivity contribution in [2.24, 2.45) is 0 Å². The van der Waals surface area contributed by atoms with Crippen molar-refractivity contribution in [3.63, 3.8) is 0 Å². The van der Waals surface area contributed by atoms with Crippen LogP contribution in [0, 0.1) is 0 Å². The van der Waals surface area contributed by atoms with Gasteiger partial charge in [0.25, 0.3) is 0 Å². The first-order valence-corrected chi connectivity index (χ1v) is 6.99. The second-order valence-corrected chi connectivity index (χ2v) is 6.63. The van der Waals surface area contributed by atoms with Crippen LogP contribution in [0.5, 0.6) is 0 Å². The Kier molecular flexibility index (Phi) is 4.14. The molecule has 90 valence electrons. The predicted octanol–water partition coefficient (Wildman–Crippen LogP) is 1.23. The third-order valence-electron chi connectivity index (χ3n) is 3.43. The number of nitrogens with zero attached hydrogens (tertiary/aromatic N) is 1. The molecule has 0 N–H and O–H groups in total. The zero-order valence-electron chi connectivity index (χ0n) is 9.82. The average Bonchev–Trinajstić information content (AvgIpc) is 2.29. The molecule has 0 aromatic rings. The standard InChI is InChI=1S/C10H21NO3S/c1-4-10(3,5-2)15(12,13)11-6-8-14-9-7-11/h4-9H2,1-3H3. The number of sulfonamides is 1. The van der Waals surface area contributed by atoms with Crippen molar-refractivity contribution < 1.29 is 13.2 Å². The van der Waals surface area contributed by atoms with E-state index < -0.39 is 14.8 Å². The first-order valence-electron chi connectivity index (χ1n) is 5.55. The number of hydrogen-bond donors (Lipinski definition) is 0. The minimum atomic E-state index is -3.17. The molecule has 0 saturated carbocycles. The fourth-order valence-corrected chi connectivity index (χ4v) is 3.70. The van der Waals surface area contributed by atoms with Gasteiger partial charge in [-0.05, 0) is 19.8 Å². The van der Waals surface area contributed by atoms with E-state index in [1.165, 1.54) is 0 Å². The van der Waals surface area contributed by atoms with E-state index in [0.717, 1.165) is 0 Å². The van der Waals surface area contributed by atoms with Crippen molar-refractivity contribution in [2.45, 2.75) is 38.4 Å². The fraction of sp³-hybridized carbons (Fsp3) is 1.00. The number of ether oxygens (including phenoxy) is 1. The molecule has 0 spiro atoms. The van der Waals surface area contributed by atoms with Crippen LogP contribution in [0.4, 0.5) is 0 Å². The summed E-state index contributed by atoms with van der Waals surface area (Å²) in [5, 5.41) is 0. The maximum absolute atomic E-state index is 12.3. The molecule has 0 atom stereocenters. The fourth-order valence-electron chi connectivity index (χ4n) is 1.71. The summed E-state index contributed by atoms with van der Waals surface area (Å²) in [4.78, 5) is 0. The summed E-state index contributed by atoms with van der Waals surface area (Å²) < 4.78 is 30.8. The predicted molar refractivity (Wildman–Crippen MR) is 60.3 cm³/mol. The van der Waals surface area contributed by atoms with E-state index in [1.54, 1.807) is 4.31 Å². The highest BCUT2D eigenvalue weighted by atomic mass is 32.2. The van der Waals surface area contributed by atoms with Crippen LogP contribution in [0.25, 0.3) is 0 Å². The maximum atomic E-state index is 12.3. The van der Waals surface area contributed by atoms with Crippen LogP contribution in [0.2, 0.25) is 0 Å². The van der Waals surface area contributed by atoms with Crippen LogP contribution < -0.4 is 0 Å². The molecule has 0 aromatic carbocycles. The lowest BCUT2D eigenvalue weighted by atomic mass is 10.1. The van der Waals surface area contributed by atoms with Gasteiger partial charge in [0.1, 0.15) is 0 Å². The van der Waals surface area contributed by atoms with E-state index >= 15 is 0 Å². The van der Waals surface area contributed by atoms with Gasteiger partial charge in [-0.1, -0.05) is 13.8 Å². The molecule has 1 aliphatic heterocycles. The molecule has 15 heavy (non-hydrogen) atoms. The van der Waals surface area contributed by atoms with Gasteiger partial charge in [-0.15, -0.1) is 0 Å². The SMILES string of the molecule is CCC(C)(CC)S(=O)(=O)N1CCOCC1. The summed E-state index contributed by atoms with van der Waals surface area (Å²) in [6, 6.07) is 0. The first kappa shape index (κ1) is 12.9. The first-order chi connectivity index (χ1) is 6.98. The second kappa shape index (κ2) is 4.80. The molecule has 0 aromatic heterocycles. The summed E-state index contributed by atoms with van der Waals surface area (Å²) >= 11 is 0. The van der Waals surface area contributed by atoms with Gasteiger partial charge in [-0.25, -0.2) is 8.42 Å². The highest BCUT2D eigenvalue weighted by Crippen LogP contribution is 2.28. The summed E-state index contributed by atoms with van der Waals surface area (Å²) in [6.07, 6.45) is 1.31. The molecule has 0 amide bonds. The second-order valence-electron chi connectivity index (χ2n) is 4.17. The molecule has 1 aliphatic rings.